The number of sulfone groups is 1. The van der Waals surface area contributed by atoms with Gasteiger partial charge in [0.05, 0.1) is 11.5 Å². The molecule has 0 spiro atoms. The largest absolute Gasteiger partial charge is 0.338 e. The molecule has 1 saturated heterocycles. The van der Waals surface area contributed by atoms with Crippen molar-refractivity contribution in [3.05, 3.63) is 35.4 Å². The lowest BCUT2D eigenvalue weighted by Gasteiger charge is -2.19. The van der Waals surface area contributed by atoms with E-state index >= 15 is 0 Å². The first-order chi connectivity index (χ1) is 9.02. The van der Waals surface area contributed by atoms with E-state index in [-0.39, 0.29) is 24.0 Å². The van der Waals surface area contributed by atoms with Crippen LogP contribution in [0.1, 0.15) is 22.3 Å². The Labute approximate surface area is 118 Å². The van der Waals surface area contributed by atoms with Crippen LogP contribution < -0.4 is 0 Å². The third-order valence-corrected chi connectivity index (χ3v) is 5.19. The van der Waals surface area contributed by atoms with Crippen molar-refractivity contribution in [2.45, 2.75) is 12.3 Å². The molecule has 0 aromatic heterocycles. The van der Waals surface area contributed by atoms with Crippen molar-refractivity contribution >= 4 is 27.3 Å². The van der Waals surface area contributed by atoms with Crippen LogP contribution >= 0.6 is 11.6 Å². The Morgan fingerprint density at radius 2 is 2.05 bits per heavy atom. The fraction of sp³-hybridized carbons (Fsp3) is 0.462. The lowest BCUT2D eigenvalue weighted by atomic mass is 10.1. The van der Waals surface area contributed by atoms with Gasteiger partial charge in [-0.2, -0.15) is 0 Å². The summed E-state index contributed by atoms with van der Waals surface area (Å²) in [4.78, 5) is 13.9. The Morgan fingerprint density at radius 1 is 1.26 bits per heavy atom. The zero-order chi connectivity index (χ0) is 13.9. The first-order valence-corrected chi connectivity index (χ1v) is 8.52. The monoisotopic (exact) mass is 301 g/mol. The summed E-state index contributed by atoms with van der Waals surface area (Å²) >= 11 is 5.75. The molecule has 0 aliphatic carbocycles. The Morgan fingerprint density at radius 3 is 2.79 bits per heavy atom. The molecule has 0 atom stereocenters. The van der Waals surface area contributed by atoms with Gasteiger partial charge in [-0.25, -0.2) is 8.42 Å². The highest BCUT2D eigenvalue weighted by Crippen LogP contribution is 2.13. The number of hydrogen-bond acceptors (Lipinski definition) is 3. The zero-order valence-electron chi connectivity index (χ0n) is 10.5. The maximum absolute atomic E-state index is 12.3. The fourth-order valence-electron chi connectivity index (χ4n) is 2.11. The van der Waals surface area contributed by atoms with E-state index in [1.54, 1.807) is 23.1 Å². The number of carbonyl (C=O) groups excluding carboxylic acids is 1. The molecule has 0 unspecified atom stereocenters. The van der Waals surface area contributed by atoms with Gasteiger partial charge in [-0.15, -0.1) is 11.6 Å². The SMILES string of the molecule is O=C(c1cccc(CCl)c1)N1CCCS(=O)(=O)CC1. The Kier molecular flexibility index (Phi) is 4.47. The van der Waals surface area contributed by atoms with E-state index in [0.29, 0.717) is 24.4 Å². The third kappa shape index (κ3) is 3.70. The normalized spacial score (nSPS) is 18.9. The number of rotatable bonds is 2. The van der Waals surface area contributed by atoms with Gasteiger partial charge in [0.15, 0.2) is 9.84 Å². The third-order valence-electron chi connectivity index (χ3n) is 3.17. The second kappa shape index (κ2) is 5.92. The molecule has 19 heavy (non-hydrogen) atoms. The Bertz CT molecular complexity index is 571. The van der Waals surface area contributed by atoms with Crippen LogP contribution in [-0.4, -0.2) is 43.8 Å². The molecule has 0 N–H and O–H groups in total. The van der Waals surface area contributed by atoms with Crippen LogP contribution in [0.4, 0.5) is 0 Å². The second-order valence-electron chi connectivity index (χ2n) is 4.63. The molecule has 4 nitrogen and oxygen atoms in total. The first-order valence-electron chi connectivity index (χ1n) is 6.16. The van der Waals surface area contributed by atoms with Crippen LogP contribution in [0, 0.1) is 0 Å². The standard InChI is InChI=1S/C13H16ClNO3S/c14-10-11-3-1-4-12(9-11)13(16)15-5-2-7-19(17,18)8-6-15/h1,3-4,9H,2,5-8,10H2. The molecular formula is C13H16ClNO3S. The van der Waals surface area contributed by atoms with Crippen LogP contribution in [0.25, 0.3) is 0 Å². The summed E-state index contributed by atoms with van der Waals surface area (Å²) < 4.78 is 23.0. The van der Waals surface area contributed by atoms with Crippen LogP contribution in [-0.2, 0) is 15.7 Å². The number of amides is 1. The smallest absolute Gasteiger partial charge is 0.253 e. The molecular weight excluding hydrogens is 286 g/mol. The van der Waals surface area contributed by atoms with Crippen molar-refractivity contribution < 1.29 is 13.2 Å². The number of nitrogens with zero attached hydrogens (tertiary/aromatic N) is 1. The minimum absolute atomic E-state index is 0.0495. The Hall–Kier alpha value is -1.07. The first kappa shape index (κ1) is 14.3. The van der Waals surface area contributed by atoms with Crippen molar-refractivity contribution in [2.24, 2.45) is 0 Å². The molecule has 1 heterocycles. The average Bonchev–Trinajstić information content (AvgIpc) is 2.59. The molecule has 1 fully saturated rings. The van der Waals surface area contributed by atoms with Gasteiger partial charge in [-0.3, -0.25) is 4.79 Å². The van der Waals surface area contributed by atoms with Crippen LogP contribution in [0.15, 0.2) is 24.3 Å². The quantitative estimate of drug-likeness (QED) is 0.781. The van der Waals surface area contributed by atoms with Crippen LogP contribution in [0.3, 0.4) is 0 Å². The van der Waals surface area contributed by atoms with E-state index in [1.165, 1.54) is 0 Å². The van der Waals surface area contributed by atoms with Gasteiger partial charge in [0.25, 0.3) is 5.91 Å². The summed E-state index contributed by atoms with van der Waals surface area (Å²) in [5, 5.41) is 0. The minimum atomic E-state index is -3.00. The molecule has 0 radical (unpaired) electrons. The molecule has 104 valence electrons. The lowest BCUT2D eigenvalue weighted by Crippen LogP contribution is -2.33. The number of carbonyl (C=O) groups is 1. The summed E-state index contributed by atoms with van der Waals surface area (Å²) in [5.41, 5.74) is 1.45. The summed E-state index contributed by atoms with van der Waals surface area (Å²) in [6, 6.07) is 7.14. The van der Waals surface area contributed by atoms with Gasteiger partial charge >= 0.3 is 0 Å². The summed E-state index contributed by atoms with van der Waals surface area (Å²) in [5.74, 6) is 0.450. The van der Waals surface area contributed by atoms with E-state index < -0.39 is 9.84 Å². The average molecular weight is 302 g/mol. The van der Waals surface area contributed by atoms with Gasteiger partial charge < -0.3 is 4.90 Å². The lowest BCUT2D eigenvalue weighted by molar-refractivity contribution is 0.0768. The highest BCUT2D eigenvalue weighted by molar-refractivity contribution is 7.91. The summed E-state index contributed by atoms with van der Waals surface area (Å²) in [6.45, 7) is 0.759. The van der Waals surface area contributed by atoms with E-state index in [9.17, 15) is 13.2 Å². The molecule has 0 saturated carbocycles. The van der Waals surface area contributed by atoms with Crippen molar-refractivity contribution in [2.75, 3.05) is 24.6 Å². The van der Waals surface area contributed by atoms with Gasteiger partial charge in [0.2, 0.25) is 0 Å². The van der Waals surface area contributed by atoms with Crippen LogP contribution in [0.2, 0.25) is 0 Å². The van der Waals surface area contributed by atoms with E-state index in [0.717, 1.165) is 5.56 Å². The van der Waals surface area contributed by atoms with Crippen molar-refractivity contribution in [1.82, 2.24) is 4.90 Å². The van der Waals surface area contributed by atoms with E-state index in [1.807, 2.05) is 6.07 Å². The van der Waals surface area contributed by atoms with E-state index in [4.69, 9.17) is 11.6 Å². The van der Waals surface area contributed by atoms with Gasteiger partial charge in [-0.05, 0) is 24.1 Å². The molecule has 6 heteroatoms. The number of benzene rings is 1. The molecule has 1 aliphatic heterocycles. The van der Waals surface area contributed by atoms with Crippen molar-refractivity contribution in [3.8, 4) is 0 Å². The molecule has 0 bridgehead atoms. The zero-order valence-corrected chi connectivity index (χ0v) is 12.1. The summed E-state index contributed by atoms with van der Waals surface area (Å²) in [7, 11) is -3.00. The highest BCUT2D eigenvalue weighted by Gasteiger charge is 2.23. The van der Waals surface area contributed by atoms with Gasteiger partial charge in [-0.1, -0.05) is 12.1 Å². The molecule has 2 rings (SSSR count). The van der Waals surface area contributed by atoms with Crippen molar-refractivity contribution in [1.29, 1.82) is 0 Å². The topological polar surface area (TPSA) is 54.5 Å². The molecule has 1 aromatic carbocycles. The predicted octanol–water partition coefficient (Wildman–Crippen LogP) is 1.69. The molecule has 1 amide bonds. The fourth-order valence-corrected chi connectivity index (χ4v) is 3.55. The molecule has 1 aliphatic rings. The van der Waals surface area contributed by atoms with E-state index in [2.05, 4.69) is 0 Å². The van der Waals surface area contributed by atoms with Gasteiger partial charge in [0, 0.05) is 24.5 Å². The minimum Gasteiger partial charge on any atom is -0.338 e. The predicted molar refractivity (Wildman–Crippen MR) is 75.2 cm³/mol. The van der Waals surface area contributed by atoms with Crippen LogP contribution in [0.5, 0.6) is 0 Å². The number of alkyl halides is 1. The highest BCUT2D eigenvalue weighted by atomic mass is 35.5. The number of hydrogen-bond donors (Lipinski definition) is 0. The van der Waals surface area contributed by atoms with Gasteiger partial charge in [0.1, 0.15) is 0 Å². The second-order valence-corrected chi connectivity index (χ2v) is 7.20. The Balaban J connectivity index is 2.14. The maximum atomic E-state index is 12.3. The maximum Gasteiger partial charge on any atom is 0.253 e. The number of halogens is 1. The summed E-state index contributed by atoms with van der Waals surface area (Å²) in [6.07, 6.45) is 0.503. The molecule has 1 aromatic rings. The van der Waals surface area contributed by atoms with Crippen molar-refractivity contribution in [3.63, 3.8) is 0 Å².